The van der Waals surface area contributed by atoms with Gasteiger partial charge in [0.05, 0.1) is 17.8 Å². The van der Waals surface area contributed by atoms with Gasteiger partial charge < -0.3 is 15.4 Å². The van der Waals surface area contributed by atoms with Gasteiger partial charge in [-0.3, -0.25) is 0 Å². The predicted molar refractivity (Wildman–Crippen MR) is 67.9 cm³/mol. The zero-order valence-corrected chi connectivity index (χ0v) is 10.5. The Balaban J connectivity index is 2.23. The summed E-state index contributed by atoms with van der Waals surface area (Å²) in [5.74, 6) is 0.651. The van der Waals surface area contributed by atoms with Crippen LogP contribution in [0.25, 0.3) is 0 Å². The maximum Gasteiger partial charge on any atom is 0.160 e. The van der Waals surface area contributed by atoms with Crippen LogP contribution in [0, 0.1) is 0 Å². The van der Waals surface area contributed by atoms with Gasteiger partial charge in [0.2, 0.25) is 0 Å². The molecule has 0 spiro atoms. The summed E-state index contributed by atoms with van der Waals surface area (Å²) in [5.41, 5.74) is 0.855. The molecule has 1 atom stereocenters. The number of nitrogens with one attached hydrogen (secondary N) is 2. The molecule has 0 amide bonds. The minimum atomic E-state index is 0.406. The molecule has 16 heavy (non-hydrogen) atoms. The zero-order chi connectivity index (χ0) is 11.5. The molecule has 1 fully saturated rings. The van der Waals surface area contributed by atoms with Gasteiger partial charge in [0.15, 0.2) is 5.75 Å². The van der Waals surface area contributed by atoms with Crippen LogP contribution >= 0.6 is 23.2 Å². The molecule has 88 valence electrons. The van der Waals surface area contributed by atoms with Crippen molar-refractivity contribution in [3.63, 3.8) is 0 Å². The summed E-state index contributed by atoms with van der Waals surface area (Å²) in [6.07, 6.45) is 1.09. The summed E-state index contributed by atoms with van der Waals surface area (Å²) in [7, 11) is 1.60. The van der Waals surface area contributed by atoms with Gasteiger partial charge in [0.25, 0.3) is 0 Å². The van der Waals surface area contributed by atoms with Crippen molar-refractivity contribution >= 4 is 28.9 Å². The third-order valence-electron chi connectivity index (χ3n) is 2.63. The lowest BCUT2D eigenvalue weighted by atomic mass is 10.2. The van der Waals surface area contributed by atoms with Gasteiger partial charge in [-0.25, -0.2) is 0 Å². The van der Waals surface area contributed by atoms with Crippen LogP contribution < -0.4 is 15.4 Å². The van der Waals surface area contributed by atoms with E-state index in [1.807, 2.05) is 6.07 Å². The number of methoxy groups -OCH3 is 1. The second-order valence-corrected chi connectivity index (χ2v) is 4.65. The van der Waals surface area contributed by atoms with Crippen molar-refractivity contribution in [3.8, 4) is 5.75 Å². The van der Waals surface area contributed by atoms with Crippen molar-refractivity contribution in [1.29, 1.82) is 0 Å². The first-order valence-electron chi connectivity index (χ1n) is 5.21. The standard InChI is InChI=1S/C11H14Cl2N2O/c1-16-11-9(13)4-7(12)5-10(11)15-8-2-3-14-6-8/h4-5,8,14-15H,2-3,6H2,1H3. The Morgan fingerprint density at radius 3 is 2.88 bits per heavy atom. The highest BCUT2D eigenvalue weighted by molar-refractivity contribution is 6.36. The number of benzene rings is 1. The Kier molecular flexibility index (Phi) is 3.79. The summed E-state index contributed by atoms with van der Waals surface area (Å²) < 4.78 is 5.27. The Morgan fingerprint density at radius 2 is 2.25 bits per heavy atom. The van der Waals surface area contributed by atoms with Gasteiger partial charge in [0, 0.05) is 17.6 Å². The number of hydrogen-bond acceptors (Lipinski definition) is 3. The third kappa shape index (κ3) is 2.54. The molecule has 0 aliphatic carbocycles. The van der Waals surface area contributed by atoms with Crippen molar-refractivity contribution in [1.82, 2.24) is 5.32 Å². The van der Waals surface area contributed by atoms with Crippen molar-refractivity contribution in [2.45, 2.75) is 12.5 Å². The van der Waals surface area contributed by atoms with Crippen LogP contribution in [-0.4, -0.2) is 26.2 Å². The number of ether oxygens (including phenoxy) is 1. The molecule has 1 unspecified atom stereocenters. The van der Waals surface area contributed by atoms with Crippen molar-refractivity contribution in [3.05, 3.63) is 22.2 Å². The normalized spacial score (nSPS) is 19.8. The minimum Gasteiger partial charge on any atom is -0.493 e. The van der Waals surface area contributed by atoms with Crippen LogP contribution in [0.15, 0.2) is 12.1 Å². The van der Waals surface area contributed by atoms with E-state index in [1.54, 1.807) is 13.2 Å². The third-order valence-corrected chi connectivity index (χ3v) is 3.13. The van der Waals surface area contributed by atoms with E-state index in [1.165, 1.54) is 0 Å². The van der Waals surface area contributed by atoms with Crippen LogP contribution in [0.3, 0.4) is 0 Å². The van der Waals surface area contributed by atoms with Gasteiger partial charge in [-0.2, -0.15) is 0 Å². The zero-order valence-electron chi connectivity index (χ0n) is 9.02. The van der Waals surface area contributed by atoms with E-state index < -0.39 is 0 Å². The fraction of sp³-hybridized carbons (Fsp3) is 0.455. The lowest BCUT2D eigenvalue weighted by Crippen LogP contribution is -2.22. The molecule has 1 heterocycles. The molecule has 0 saturated carbocycles. The fourth-order valence-electron chi connectivity index (χ4n) is 1.87. The van der Waals surface area contributed by atoms with Crippen LogP contribution in [0.5, 0.6) is 5.75 Å². The van der Waals surface area contributed by atoms with E-state index in [-0.39, 0.29) is 0 Å². The second kappa shape index (κ2) is 5.13. The van der Waals surface area contributed by atoms with Gasteiger partial charge >= 0.3 is 0 Å². The molecule has 1 saturated heterocycles. The molecule has 0 bridgehead atoms. The van der Waals surface area contributed by atoms with Crippen LogP contribution in [-0.2, 0) is 0 Å². The summed E-state index contributed by atoms with van der Waals surface area (Å²) in [5, 5.41) is 7.82. The maximum atomic E-state index is 6.06. The average molecular weight is 261 g/mol. The molecule has 1 aliphatic rings. The Bertz CT molecular complexity index is 378. The van der Waals surface area contributed by atoms with Crippen molar-refractivity contribution in [2.24, 2.45) is 0 Å². The smallest absolute Gasteiger partial charge is 0.160 e. The number of hydrogen-bond donors (Lipinski definition) is 2. The van der Waals surface area contributed by atoms with E-state index in [0.717, 1.165) is 25.2 Å². The quantitative estimate of drug-likeness (QED) is 0.877. The highest BCUT2D eigenvalue weighted by Crippen LogP contribution is 2.36. The Morgan fingerprint density at radius 1 is 1.44 bits per heavy atom. The van der Waals surface area contributed by atoms with E-state index in [0.29, 0.717) is 21.8 Å². The number of rotatable bonds is 3. The molecular formula is C11H14Cl2N2O. The van der Waals surface area contributed by atoms with E-state index in [4.69, 9.17) is 27.9 Å². The molecule has 0 aromatic heterocycles. The summed E-state index contributed by atoms with van der Waals surface area (Å²) in [6.45, 7) is 1.99. The fourth-order valence-corrected chi connectivity index (χ4v) is 2.44. The SMILES string of the molecule is COc1c(Cl)cc(Cl)cc1NC1CCNC1. The minimum absolute atomic E-state index is 0.406. The first-order valence-corrected chi connectivity index (χ1v) is 5.96. The highest BCUT2D eigenvalue weighted by Gasteiger charge is 2.17. The second-order valence-electron chi connectivity index (χ2n) is 3.80. The first kappa shape index (κ1) is 11.8. The van der Waals surface area contributed by atoms with Crippen LogP contribution in [0.2, 0.25) is 10.0 Å². The molecule has 1 aromatic rings. The molecular weight excluding hydrogens is 247 g/mol. The molecule has 2 rings (SSSR count). The van der Waals surface area contributed by atoms with E-state index in [2.05, 4.69) is 10.6 Å². The summed E-state index contributed by atoms with van der Waals surface area (Å²) >= 11 is 12.0. The average Bonchev–Trinajstić information content (AvgIpc) is 2.70. The number of halogens is 2. The topological polar surface area (TPSA) is 33.3 Å². The highest BCUT2D eigenvalue weighted by atomic mass is 35.5. The largest absolute Gasteiger partial charge is 0.493 e. The molecule has 2 N–H and O–H groups in total. The van der Waals surface area contributed by atoms with Crippen molar-refractivity contribution in [2.75, 3.05) is 25.5 Å². The molecule has 3 nitrogen and oxygen atoms in total. The van der Waals surface area contributed by atoms with Gasteiger partial charge in [-0.1, -0.05) is 23.2 Å². The molecule has 5 heteroatoms. The molecule has 1 aromatic carbocycles. The predicted octanol–water partition coefficient (Wildman–Crippen LogP) is 2.78. The molecule has 1 aliphatic heterocycles. The van der Waals surface area contributed by atoms with Crippen LogP contribution in [0.1, 0.15) is 6.42 Å². The van der Waals surface area contributed by atoms with E-state index >= 15 is 0 Å². The Labute approximate surface area is 105 Å². The van der Waals surface area contributed by atoms with Gasteiger partial charge in [-0.15, -0.1) is 0 Å². The summed E-state index contributed by atoms with van der Waals surface area (Å²) in [4.78, 5) is 0. The van der Waals surface area contributed by atoms with Gasteiger partial charge in [-0.05, 0) is 25.1 Å². The molecule has 0 radical (unpaired) electrons. The van der Waals surface area contributed by atoms with Crippen LogP contribution in [0.4, 0.5) is 5.69 Å². The lowest BCUT2D eigenvalue weighted by Gasteiger charge is -2.17. The van der Waals surface area contributed by atoms with E-state index in [9.17, 15) is 0 Å². The lowest BCUT2D eigenvalue weighted by molar-refractivity contribution is 0.416. The van der Waals surface area contributed by atoms with Gasteiger partial charge in [0.1, 0.15) is 0 Å². The maximum absolute atomic E-state index is 6.06. The first-order chi connectivity index (χ1) is 7.70. The Hall–Kier alpha value is -0.640. The monoisotopic (exact) mass is 260 g/mol. The number of anilines is 1. The summed E-state index contributed by atoms with van der Waals surface area (Å²) in [6, 6.07) is 3.92. The van der Waals surface area contributed by atoms with Crippen molar-refractivity contribution < 1.29 is 4.74 Å².